The van der Waals surface area contributed by atoms with E-state index in [1.54, 1.807) is 13.2 Å². The van der Waals surface area contributed by atoms with Gasteiger partial charge in [0.15, 0.2) is 23.4 Å². The van der Waals surface area contributed by atoms with E-state index in [0.717, 1.165) is 37.0 Å². The third-order valence-electron chi connectivity index (χ3n) is 6.53. The smallest absolute Gasteiger partial charge is 0.196 e. The molecule has 0 amide bonds. The Morgan fingerprint density at radius 3 is 3.08 bits per heavy atom. The number of methoxy groups -OCH3 is 1. The number of carbonyl (C=O) groups excluding carboxylic acids is 1. The molecular formula is C19H21NO4. The maximum absolute atomic E-state index is 12.7. The van der Waals surface area contributed by atoms with E-state index in [9.17, 15) is 4.79 Å². The molecule has 1 heterocycles. The van der Waals surface area contributed by atoms with Gasteiger partial charge >= 0.3 is 0 Å². The van der Waals surface area contributed by atoms with Crippen molar-refractivity contribution in [1.29, 1.82) is 0 Å². The fourth-order valence-electron chi connectivity index (χ4n) is 5.78. The summed E-state index contributed by atoms with van der Waals surface area (Å²) in [5, 5.41) is 0. The lowest BCUT2D eigenvalue weighted by atomic mass is 9.47. The van der Waals surface area contributed by atoms with E-state index in [0.29, 0.717) is 11.7 Å². The molecule has 5 heteroatoms. The fourth-order valence-corrected chi connectivity index (χ4v) is 5.78. The van der Waals surface area contributed by atoms with Crippen molar-refractivity contribution in [1.82, 2.24) is 0 Å². The monoisotopic (exact) mass is 327 g/mol. The van der Waals surface area contributed by atoms with Gasteiger partial charge in [0.1, 0.15) is 5.60 Å². The Balaban J connectivity index is 1.87. The summed E-state index contributed by atoms with van der Waals surface area (Å²) in [7, 11) is 1.64. The number of ether oxygens (including phenoxy) is 3. The van der Waals surface area contributed by atoms with E-state index in [1.807, 2.05) is 12.1 Å². The number of hydrogen-bond acceptors (Lipinski definition) is 5. The number of nitrogens with two attached hydrogens (primary N) is 1. The molecule has 2 N–H and O–H groups in total. The first-order valence-electron chi connectivity index (χ1n) is 8.62. The van der Waals surface area contributed by atoms with Gasteiger partial charge in [0, 0.05) is 5.56 Å². The lowest BCUT2D eigenvalue weighted by Gasteiger charge is -2.59. The summed E-state index contributed by atoms with van der Waals surface area (Å²) < 4.78 is 18.0. The van der Waals surface area contributed by atoms with Crippen molar-refractivity contribution in [2.45, 2.75) is 42.8 Å². The summed E-state index contributed by atoms with van der Waals surface area (Å²) >= 11 is 0. The Morgan fingerprint density at radius 2 is 2.29 bits per heavy atom. The molecule has 1 aromatic carbocycles. The van der Waals surface area contributed by atoms with E-state index >= 15 is 0 Å². The summed E-state index contributed by atoms with van der Waals surface area (Å²) in [5.74, 6) is 1.74. The van der Waals surface area contributed by atoms with Gasteiger partial charge < -0.3 is 19.9 Å². The lowest BCUT2D eigenvalue weighted by Crippen LogP contribution is -2.69. The minimum atomic E-state index is -0.552. The highest BCUT2D eigenvalue weighted by Crippen LogP contribution is 2.66. The quantitative estimate of drug-likeness (QED) is 0.858. The number of hydrogen-bond donors (Lipinski definition) is 1. The van der Waals surface area contributed by atoms with Crippen molar-refractivity contribution >= 4 is 5.78 Å². The number of benzene rings is 1. The van der Waals surface area contributed by atoms with Crippen molar-refractivity contribution in [2.24, 2.45) is 11.7 Å². The zero-order valence-electron chi connectivity index (χ0n) is 13.7. The molecular weight excluding hydrogens is 306 g/mol. The highest BCUT2D eigenvalue weighted by molar-refractivity contribution is 5.99. The summed E-state index contributed by atoms with van der Waals surface area (Å²) in [6.07, 6.45) is 7.01. The van der Waals surface area contributed by atoms with Crippen LogP contribution >= 0.6 is 0 Å². The van der Waals surface area contributed by atoms with E-state index in [2.05, 4.69) is 6.07 Å². The van der Waals surface area contributed by atoms with Crippen LogP contribution in [0.5, 0.6) is 11.5 Å². The molecule has 1 fully saturated rings. The standard InChI is InChI=1S/C19H21NO4/c1-22-14-5-4-11-9-12-3-2-7-18-15(11)16(14)24-17(18)13(21)6-8-19(12,18)23-10-20/h4-6,8,12,17H,2-3,7,9-10,20H2,1H3/t12-,17+,18?,19-/m1/s1. The van der Waals surface area contributed by atoms with Crippen LogP contribution in [-0.4, -0.2) is 31.3 Å². The Bertz CT molecular complexity index is 773. The maximum atomic E-state index is 12.7. The molecule has 1 saturated carbocycles. The molecule has 5 rings (SSSR count). The van der Waals surface area contributed by atoms with Gasteiger partial charge in [-0.25, -0.2) is 0 Å². The van der Waals surface area contributed by atoms with Crippen molar-refractivity contribution in [3.8, 4) is 11.5 Å². The van der Waals surface area contributed by atoms with Crippen LogP contribution in [0.1, 0.15) is 30.4 Å². The van der Waals surface area contributed by atoms with Gasteiger partial charge in [-0.3, -0.25) is 4.79 Å². The van der Waals surface area contributed by atoms with Crippen LogP contribution in [0.3, 0.4) is 0 Å². The summed E-state index contributed by atoms with van der Waals surface area (Å²) in [5.41, 5.74) is 7.18. The van der Waals surface area contributed by atoms with Gasteiger partial charge in [-0.05, 0) is 49.0 Å². The maximum Gasteiger partial charge on any atom is 0.196 e. The van der Waals surface area contributed by atoms with Crippen LogP contribution in [0.25, 0.3) is 0 Å². The first-order valence-corrected chi connectivity index (χ1v) is 8.62. The number of carbonyl (C=O) groups is 1. The summed E-state index contributed by atoms with van der Waals surface area (Å²) in [6, 6.07) is 4.07. The SMILES string of the molecule is COc1ccc2c3c1O[C@H]1C(=O)C=C[C@@]4(OCN)[C@H](CCCC314)C2. The molecule has 5 nitrogen and oxygen atoms in total. The largest absolute Gasteiger partial charge is 0.493 e. The molecule has 126 valence electrons. The first-order chi connectivity index (χ1) is 11.7. The van der Waals surface area contributed by atoms with Gasteiger partial charge in [-0.2, -0.15) is 0 Å². The van der Waals surface area contributed by atoms with E-state index < -0.39 is 17.1 Å². The van der Waals surface area contributed by atoms with E-state index in [-0.39, 0.29) is 12.5 Å². The molecule has 0 saturated heterocycles. The first kappa shape index (κ1) is 14.5. The third kappa shape index (κ3) is 1.38. The predicted octanol–water partition coefficient (Wildman–Crippen LogP) is 1.86. The van der Waals surface area contributed by atoms with Gasteiger partial charge in [-0.15, -0.1) is 0 Å². The predicted molar refractivity (Wildman–Crippen MR) is 87.2 cm³/mol. The van der Waals surface area contributed by atoms with Crippen LogP contribution in [0.4, 0.5) is 0 Å². The number of ketones is 1. The number of rotatable bonds is 3. The molecule has 24 heavy (non-hydrogen) atoms. The molecule has 1 spiro atoms. The fraction of sp³-hybridized carbons (Fsp3) is 0.526. The van der Waals surface area contributed by atoms with Gasteiger partial charge in [0.2, 0.25) is 0 Å². The van der Waals surface area contributed by atoms with Crippen molar-refractivity contribution in [2.75, 3.05) is 13.8 Å². The average molecular weight is 327 g/mol. The van der Waals surface area contributed by atoms with E-state index in [1.165, 1.54) is 5.56 Å². The lowest BCUT2D eigenvalue weighted by molar-refractivity contribution is -0.164. The van der Waals surface area contributed by atoms with E-state index in [4.69, 9.17) is 19.9 Å². The molecule has 1 aliphatic heterocycles. The average Bonchev–Trinajstić information content (AvgIpc) is 2.92. The third-order valence-corrected chi connectivity index (χ3v) is 6.53. The van der Waals surface area contributed by atoms with Crippen LogP contribution in [-0.2, 0) is 21.4 Å². The molecule has 4 aliphatic rings. The second kappa shape index (κ2) is 4.61. The molecule has 1 unspecified atom stereocenters. The van der Waals surface area contributed by atoms with Crippen molar-refractivity contribution in [3.05, 3.63) is 35.4 Å². The van der Waals surface area contributed by atoms with Gasteiger partial charge in [-0.1, -0.05) is 12.5 Å². The van der Waals surface area contributed by atoms with Crippen LogP contribution < -0.4 is 15.2 Å². The molecule has 0 radical (unpaired) electrons. The highest BCUT2D eigenvalue weighted by atomic mass is 16.5. The Labute approximate surface area is 140 Å². The normalized spacial score (nSPS) is 37.8. The zero-order valence-corrected chi connectivity index (χ0v) is 13.7. The molecule has 2 bridgehead atoms. The minimum absolute atomic E-state index is 0.0120. The van der Waals surface area contributed by atoms with Crippen molar-refractivity contribution in [3.63, 3.8) is 0 Å². The molecule has 0 aromatic heterocycles. The second-order valence-corrected chi connectivity index (χ2v) is 7.23. The van der Waals surface area contributed by atoms with Gasteiger partial charge in [0.05, 0.1) is 19.3 Å². The Hall–Kier alpha value is -1.85. The Kier molecular flexibility index (Phi) is 2.78. The summed E-state index contributed by atoms with van der Waals surface area (Å²) in [6.45, 7) is 0.137. The van der Waals surface area contributed by atoms with Gasteiger partial charge in [0.25, 0.3) is 0 Å². The molecule has 1 aromatic rings. The second-order valence-electron chi connectivity index (χ2n) is 7.23. The van der Waals surface area contributed by atoms with Crippen LogP contribution in [0, 0.1) is 5.92 Å². The van der Waals surface area contributed by atoms with Crippen LogP contribution in [0.2, 0.25) is 0 Å². The van der Waals surface area contributed by atoms with Crippen molar-refractivity contribution < 1.29 is 19.0 Å². The topological polar surface area (TPSA) is 70.8 Å². The summed E-state index contributed by atoms with van der Waals surface area (Å²) in [4.78, 5) is 12.7. The molecule has 3 aliphatic carbocycles. The van der Waals surface area contributed by atoms with Crippen LogP contribution in [0.15, 0.2) is 24.3 Å². The molecule has 4 atom stereocenters. The minimum Gasteiger partial charge on any atom is -0.493 e. The Morgan fingerprint density at radius 1 is 1.42 bits per heavy atom. The zero-order chi connectivity index (χ0) is 16.5. The highest BCUT2D eigenvalue weighted by Gasteiger charge is 2.71.